The number of ether oxygens (including phenoxy) is 3. The highest BCUT2D eigenvalue weighted by atomic mass is 32.1. The maximum absolute atomic E-state index is 12.3. The molecule has 9 heteroatoms. The minimum absolute atomic E-state index is 0.0218. The Labute approximate surface area is 182 Å². The number of nitrogens with zero attached hydrogens (tertiary/aromatic N) is 1. The van der Waals surface area contributed by atoms with Gasteiger partial charge in [-0.2, -0.15) is 11.3 Å². The molecule has 0 aliphatic carbocycles. The fourth-order valence-electron chi connectivity index (χ4n) is 2.67. The Hall–Kier alpha value is -2.91. The first-order chi connectivity index (χ1) is 14.5. The van der Waals surface area contributed by atoms with Crippen molar-refractivity contribution in [1.29, 1.82) is 0 Å². The van der Waals surface area contributed by atoms with E-state index in [1.54, 1.807) is 44.6 Å². The maximum atomic E-state index is 12.3. The molecule has 2 aromatic heterocycles. The summed E-state index contributed by atoms with van der Waals surface area (Å²) in [6, 6.07) is 7.35. The predicted octanol–water partition coefficient (Wildman–Crippen LogP) is 3.68. The van der Waals surface area contributed by atoms with Gasteiger partial charge in [0.2, 0.25) is 0 Å². The Balaban J connectivity index is 1.48. The Morgan fingerprint density at radius 1 is 1.13 bits per heavy atom. The molecule has 30 heavy (non-hydrogen) atoms. The van der Waals surface area contributed by atoms with E-state index in [-0.39, 0.29) is 18.9 Å². The lowest BCUT2D eigenvalue weighted by Crippen LogP contribution is -2.35. The van der Waals surface area contributed by atoms with Crippen molar-refractivity contribution in [2.75, 3.05) is 14.2 Å². The summed E-state index contributed by atoms with van der Waals surface area (Å²) < 4.78 is 15.7. The van der Waals surface area contributed by atoms with Crippen LogP contribution in [-0.4, -0.2) is 37.2 Å². The zero-order valence-corrected chi connectivity index (χ0v) is 18.5. The number of aromatic nitrogens is 1. The molecule has 158 valence electrons. The summed E-state index contributed by atoms with van der Waals surface area (Å²) in [4.78, 5) is 28.9. The van der Waals surface area contributed by atoms with E-state index in [1.807, 2.05) is 28.3 Å². The molecule has 3 rings (SSSR count). The zero-order valence-electron chi connectivity index (χ0n) is 16.8. The highest BCUT2D eigenvalue weighted by Crippen LogP contribution is 2.27. The summed E-state index contributed by atoms with van der Waals surface area (Å²) in [5.74, 6) is 0.314. The van der Waals surface area contributed by atoms with Crippen LogP contribution in [0.1, 0.15) is 18.2 Å². The van der Waals surface area contributed by atoms with Gasteiger partial charge in [0.05, 0.1) is 26.3 Å². The molecule has 0 saturated heterocycles. The van der Waals surface area contributed by atoms with Crippen LogP contribution < -0.4 is 14.8 Å². The van der Waals surface area contributed by atoms with E-state index >= 15 is 0 Å². The summed E-state index contributed by atoms with van der Waals surface area (Å²) in [6.45, 7) is 1.82. The summed E-state index contributed by atoms with van der Waals surface area (Å²) in [5, 5.41) is 9.43. The van der Waals surface area contributed by atoms with E-state index in [0.29, 0.717) is 17.2 Å². The average molecular weight is 447 g/mol. The number of hydrogen-bond donors (Lipinski definition) is 1. The Morgan fingerprint density at radius 2 is 1.93 bits per heavy atom. The number of carbonyl (C=O) groups is 2. The van der Waals surface area contributed by atoms with Crippen LogP contribution in [-0.2, 0) is 27.3 Å². The van der Waals surface area contributed by atoms with E-state index in [2.05, 4.69) is 10.3 Å². The van der Waals surface area contributed by atoms with Gasteiger partial charge in [0.15, 0.2) is 17.6 Å². The van der Waals surface area contributed by atoms with Crippen LogP contribution >= 0.6 is 22.7 Å². The minimum atomic E-state index is -0.910. The van der Waals surface area contributed by atoms with Gasteiger partial charge in [-0.25, -0.2) is 4.98 Å². The van der Waals surface area contributed by atoms with E-state index < -0.39 is 12.1 Å². The Morgan fingerprint density at radius 3 is 2.63 bits per heavy atom. The summed E-state index contributed by atoms with van der Waals surface area (Å²) >= 11 is 3.07. The molecule has 0 radical (unpaired) electrons. The second kappa shape index (κ2) is 10.2. The lowest BCUT2D eigenvalue weighted by atomic mass is 10.2. The molecule has 0 fully saturated rings. The van der Waals surface area contributed by atoms with Gasteiger partial charge in [0.1, 0.15) is 5.01 Å². The summed E-state index contributed by atoms with van der Waals surface area (Å²) in [7, 11) is 3.11. The number of benzene rings is 1. The number of rotatable bonds is 9. The molecule has 0 aliphatic rings. The summed E-state index contributed by atoms with van der Waals surface area (Å²) in [6.07, 6.45) is -0.888. The molecule has 1 amide bonds. The van der Waals surface area contributed by atoms with Crippen LogP contribution in [0.15, 0.2) is 40.4 Å². The number of esters is 1. The smallest absolute Gasteiger partial charge is 0.312 e. The molecular weight excluding hydrogens is 424 g/mol. The van der Waals surface area contributed by atoms with Crippen LogP contribution in [0.2, 0.25) is 0 Å². The second-order valence-electron chi connectivity index (χ2n) is 6.37. The normalized spacial score (nSPS) is 11.6. The number of amides is 1. The van der Waals surface area contributed by atoms with Crippen LogP contribution in [0.3, 0.4) is 0 Å². The van der Waals surface area contributed by atoms with Gasteiger partial charge in [-0.1, -0.05) is 6.07 Å². The molecular formula is C21H22N2O5S2. The third kappa shape index (κ3) is 5.58. The van der Waals surface area contributed by atoms with E-state index in [4.69, 9.17) is 14.2 Å². The molecule has 3 aromatic rings. The van der Waals surface area contributed by atoms with Crippen molar-refractivity contribution in [3.8, 4) is 22.1 Å². The monoisotopic (exact) mass is 446 g/mol. The molecule has 0 aliphatic heterocycles. The summed E-state index contributed by atoms with van der Waals surface area (Å²) in [5.41, 5.74) is 2.50. The average Bonchev–Trinajstić information content (AvgIpc) is 3.43. The first kappa shape index (κ1) is 21.8. The van der Waals surface area contributed by atoms with E-state index in [9.17, 15) is 9.59 Å². The third-order valence-electron chi connectivity index (χ3n) is 4.24. The van der Waals surface area contributed by atoms with Crippen LogP contribution in [0.5, 0.6) is 11.5 Å². The lowest BCUT2D eigenvalue weighted by molar-refractivity contribution is -0.154. The maximum Gasteiger partial charge on any atom is 0.312 e. The minimum Gasteiger partial charge on any atom is -0.493 e. The largest absolute Gasteiger partial charge is 0.493 e. The van der Waals surface area contributed by atoms with Crippen molar-refractivity contribution in [1.82, 2.24) is 10.3 Å². The molecule has 1 unspecified atom stereocenters. The SMILES string of the molecule is COc1ccc(CNC(=O)C(C)OC(=O)Cc2csc(-c3ccsc3)n2)cc1OC. The van der Waals surface area contributed by atoms with Crippen molar-refractivity contribution < 1.29 is 23.8 Å². The zero-order chi connectivity index (χ0) is 21.5. The molecule has 0 spiro atoms. The third-order valence-corrected chi connectivity index (χ3v) is 5.86. The van der Waals surface area contributed by atoms with Gasteiger partial charge in [-0.15, -0.1) is 11.3 Å². The Kier molecular flexibility index (Phi) is 7.42. The quantitative estimate of drug-likeness (QED) is 0.505. The molecule has 1 N–H and O–H groups in total. The van der Waals surface area contributed by atoms with Gasteiger partial charge in [0, 0.05) is 22.9 Å². The van der Waals surface area contributed by atoms with Gasteiger partial charge in [0.25, 0.3) is 5.91 Å². The number of thiazole rings is 1. The van der Waals surface area contributed by atoms with Crippen molar-refractivity contribution >= 4 is 34.6 Å². The lowest BCUT2D eigenvalue weighted by Gasteiger charge is -2.14. The topological polar surface area (TPSA) is 86.8 Å². The predicted molar refractivity (Wildman–Crippen MR) is 116 cm³/mol. The van der Waals surface area contributed by atoms with Gasteiger partial charge in [-0.3, -0.25) is 9.59 Å². The van der Waals surface area contributed by atoms with Crippen molar-refractivity contribution in [3.63, 3.8) is 0 Å². The number of nitrogens with one attached hydrogen (secondary N) is 1. The van der Waals surface area contributed by atoms with E-state index in [0.717, 1.165) is 16.1 Å². The molecule has 1 aromatic carbocycles. The van der Waals surface area contributed by atoms with Crippen LogP contribution in [0, 0.1) is 0 Å². The number of carbonyl (C=O) groups excluding carboxylic acids is 2. The van der Waals surface area contributed by atoms with Gasteiger partial charge < -0.3 is 19.5 Å². The number of methoxy groups -OCH3 is 2. The second-order valence-corrected chi connectivity index (χ2v) is 8.01. The van der Waals surface area contributed by atoms with Crippen LogP contribution in [0.25, 0.3) is 10.6 Å². The van der Waals surface area contributed by atoms with Crippen molar-refractivity contribution in [3.05, 3.63) is 51.7 Å². The van der Waals surface area contributed by atoms with Crippen molar-refractivity contribution in [2.24, 2.45) is 0 Å². The standard InChI is InChI=1S/C21H22N2O5S2/c1-13(20(25)22-10-14-4-5-17(26-2)18(8-14)27-3)28-19(24)9-16-12-30-21(23-16)15-6-7-29-11-15/h4-8,11-13H,9-10H2,1-3H3,(H,22,25). The molecule has 1 atom stereocenters. The van der Waals surface area contributed by atoms with E-state index in [1.165, 1.54) is 11.3 Å². The number of hydrogen-bond acceptors (Lipinski definition) is 8. The molecule has 0 bridgehead atoms. The van der Waals surface area contributed by atoms with Gasteiger partial charge >= 0.3 is 5.97 Å². The first-order valence-electron chi connectivity index (χ1n) is 9.15. The first-order valence-corrected chi connectivity index (χ1v) is 11.0. The van der Waals surface area contributed by atoms with Gasteiger partial charge in [-0.05, 0) is 36.1 Å². The highest BCUT2D eigenvalue weighted by molar-refractivity contribution is 7.14. The Bertz CT molecular complexity index is 1000. The van der Waals surface area contributed by atoms with Crippen molar-refractivity contribution in [2.45, 2.75) is 26.0 Å². The number of thiophene rings is 1. The highest BCUT2D eigenvalue weighted by Gasteiger charge is 2.19. The van der Waals surface area contributed by atoms with Crippen LogP contribution in [0.4, 0.5) is 0 Å². The molecule has 0 saturated carbocycles. The fraction of sp³-hybridized carbons (Fsp3) is 0.286. The molecule has 7 nitrogen and oxygen atoms in total. The fourth-order valence-corrected chi connectivity index (χ4v) is 4.20. The molecule has 2 heterocycles.